The molecule has 0 amide bonds. The van der Waals surface area contributed by atoms with Crippen molar-refractivity contribution in [2.45, 2.75) is 43.7 Å². The summed E-state index contributed by atoms with van der Waals surface area (Å²) in [5.74, 6) is 0.950. The van der Waals surface area contributed by atoms with Crippen LogP contribution in [-0.4, -0.2) is 26.8 Å². The van der Waals surface area contributed by atoms with Crippen LogP contribution in [0.3, 0.4) is 0 Å². The van der Waals surface area contributed by atoms with Crippen LogP contribution in [0.15, 0.2) is 30.3 Å². The van der Waals surface area contributed by atoms with Gasteiger partial charge in [-0.3, -0.25) is 0 Å². The second-order valence-electron chi connectivity index (χ2n) is 6.21. The van der Waals surface area contributed by atoms with E-state index in [0.717, 1.165) is 18.4 Å². The monoisotopic (exact) mass is 295 g/mol. The standard InChI is InChI=1S/C16H25NO2S/c1-12-9-13(2)16(15(10-12)17-3)20(18,19)11-14-7-5-4-6-8-14/h4-8,12-13,15-17H,9-11H2,1-3H3. The Morgan fingerprint density at radius 2 is 1.80 bits per heavy atom. The van der Waals surface area contributed by atoms with Crippen molar-refractivity contribution in [3.05, 3.63) is 35.9 Å². The second kappa shape index (κ2) is 6.27. The van der Waals surface area contributed by atoms with E-state index in [-0.39, 0.29) is 23.0 Å². The van der Waals surface area contributed by atoms with Gasteiger partial charge in [0.1, 0.15) is 0 Å². The highest BCUT2D eigenvalue weighted by molar-refractivity contribution is 7.91. The molecule has 0 spiro atoms. The lowest BCUT2D eigenvalue weighted by Crippen LogP contribution is -2.51. The SMILES string of the molecule is CNC1CC(C)CC(C)C1S(=O)(=O)Cc1ccccc1. The Labute approximate surface area is 122 Å². The molecule has 3 nitrogen and oxygen atoms in total. The molecule has 2 rings (SSSR count). The maximum atomic E-state index is 12.8. The fourth-order valence-corrected chi connectivity index (χ4v) is 6.03. The van der Waals surface area contributed by atoms with Crippen LogP contribution in [0.25, 0.3) is 0 Å². The van der Waals surface area contributed by atoms with Crippen molar-refractivity contribution >= 4 is 9.84 Å². The van der Waals surface area contributed by atoms with Gasteiger partial charge in [-0.2, -0.15) is 0 Å². The van der Waals surface area contributed by atoms with E-state index >= 15 is 0 Å². The fraction of sp³-hybridized carbons (Fsp3) is 0.625. The van der Waals surface area contributed by atoms with Crippen molar-refractivity contribution in [2.75, 3.05) is 7.05 Å². The first-order valence-electron chi connectivity index (χ1n) is 7.36. The highest BCUT2D eigenvalue weighted by Crippen LogP contribution is 2.34. The lowest BCUT2D eigenvalue weighted by atomic mass is 9.80. The maximum Gasteiger partial charge on any atom is 0.159 e. The van der Waals surface area contributed by atoms with E-state index in [1.54, 1.807) is 0 Å². The Kier molecular flexibility index (Phi) is 4.86. The second-order valence-corrected chi connectivity index (χ2v) is 8.37. The number of sulfone groups is 1. The average molecular weight is 295 g/mol. The van der Waals surface area contributed by atoms with Gasteiger partial charge in [-0.15, -0.1) is 0 Å². The van der Waals surface area contributed by atoms with Crippen molar-refractivity contribution in [1.82, 2.24) is 5.32 Å². The minimum Gasteiger partial charge on any atom is -0.316 e. The van der Waals surface area contributed by atoms with E-state index in [0.29, 0.717) is 5.92 Å². The Morgan fingerprint density at radius 3 is 2.40 bits per heavy atom. The van der Waals surface area contributed by atoms with Crippen molar-refractivity contribution < 1.29 is 8.42 Å². The molecule has 0 bridgehead atoms. The highest BCUT2D eigenvalue weighted by Gasteiger charge is 2.41. The molecule has 1 aliphatic carbocycles. The third kappa shape index (κ3) is 3.41. The molecular formula is C16H25NO2S. The topological polar surface area (TPSA) is 46.2 Å². The van der Waals surface area contributed by atoms with E-state index in [1.165, 1.54) is 0 Å². The summed E-state index contributed by atoms with van der Waals surface area (Å²) in [7, 11) is -1.26. The summed E-state index contributed by atoms with van der Waals surface area (Å²) in [4.78, 5) is 0. The van der Waals surface area contributed by atoms with Gasteiger partial charge in [-0.25, -0.2) is 8.42 Å². The molecule has 1 aromatic rings. The molecule has 1 fully saturated rings. The van der Waals surface area contributed by atoms with Gasteiger partial charge in [-0.05, 0) is 37.3 Å². The molecule has 4 unspecified atom stereocenters. The van der Waals surface area contributed by atoms with Crippen LogP contribution >= 0.6 is 0 Å². The van der Waals surface area contributed by atoms with E-state index in [4.69, 9.17) is 0 Å². The van der Waals surface area contributed by atoms with Crippen molar-refractivity contribution in [2.24, 2.45) is 11.8 Å². The molecule has 0 radical (unpaired) electrons. The number of nitrogens with one attached hydrogen (secondary N) is 1. The summed E-state index contributed by atoms with van der Waals surface area (Å²) in [6, 6.07) is 9.56. The molecule has 1 saturated carbocycles. The average Bonchev–Trinajstić information content (AvgIpc) is 2.37. The fourth-order valence-electron chi connectivity index (χ4n) is 3.62. The number of rotatable bonds is 4. The van der Waals surface area contributed by atoms with Gasteiger partial charge >= 0.3 is 0 Å². The summed E-state index contributed by atoms with van der Waals surface area (Å²) in [6.07, 6.45) is 1.94. The van der Waals surface area contributed by atoms with Crippen LogP contribution in [-0.2, 0) is 15.6 Å². The maximum absolute atomic E-state index is 12.8. The molecule has 4 atom stereocenters. The third-order valence-electron chi connectivity index (χ3n) is 4.38. The number of benzene rings is 1. The zero-order valence-corrected chi connectivity index (χ0v) is 13.4. The summed E-state index contributed by atoms with van der Waals surface area (Å²) in [6.45, 7) is 4.29. The molecule has 1 N–H and O–H groups in total. The first kappa shape index (κ1) is 15.5. The van der Waals surface area contributed by atoms with Gasteiger partial charge in [0.15, 0.2) is 9.84 Å². The molecule has 0 saturated heterocycles. The first-order chi connectivity index (χ1) is 9.44. The molecule has 0 aliphatic heterocycles. The molecule has 0 aromatic heterocycles. The van der Waals surface area contributed by atoms with Crippen LogP contribution in [0.5, 0.6) is 0 Å². The third-order valence-corrected chi connectivity index (χ3v) is 6.74. The van der Waals surface area contributed by atoms with Crippen molar-refractivity contribution in [3.8, 4) is 0 Å². The lowest BCUT2D eigenvalue weighted by Gasteiger charge is -2.39. The van der Waals surface area contributed by atoms with Gasteiger partial charge in [0, 0.05) is 6.04 Å². The van der Waals surface area contributed by atoms with E-state index in [9.17, 15) is 8.42 Å². The van der Waals surface area contributed by atoms with Crippen LogP contribution in [0.2, 0.25) is 0 Å². The van der Waals surface area contributed by atoms with Gasteiger partial charge in [0.25, 0.3) is 0 Å². The molecule has 1 aliphatic rings. The normalized spacial score (nSPS) is 31.1. The molecule has 1 aromatic carbocycles. The Balaban J connectivity index is 2.22. The molecular weight excluding hydrogens is 270 g/mol. The zero-order chi connectivity index (χ0) is 14.8. The van der Waals surface area contributed by atoms with E-state index in [1.807, 2.05) is 37.4 Å². The minimum atomic E-state index is -3.13. The summed E-state index contributed by atoms with van der Waals surface area (Å²) in [5, 5.41) is 2.95. The Morgan fingerprint density at radius 1 is 1.15 bits per heavy atom. The summed E-state index contributed by atoms with van der Waals surface area (Å²) >= 11 is 0. The Bertz CT molecular complexity index is 527. The first-order valence-corrected chi connectivity index (χ1v) is 9.08. The predicted octanol–water partition coefficient (Wildman–Crippen LogP) is 2.62. The van der Waals surface area contributed by atoms with Crippen LogP contribution in [0.4, 0.5) is 0 Å². The molecule has 20 heavy (non-hydrogen) atoms. The highest BCUT2D eigenvalue weighted by atomic mass is 32.2. The van der Waals surface area contributed by atoms with Crippen LogP contribution in [0, 0.1) is 11.8 Å². The molecule has 112 valence electrons. The summed E-state index contributed by atoms with van der Waals surface area (Å²) in [5.41, 5.74) is 0.883. The van der Waals surface area contributed by atoms with Crippen molar-refractivity contribution in [1.29, 1.82) is 0 Å². The quantitative estimate of drug-likeness (QED) is 0.929. The van der Waals surface area contributed by atoms with Crippen molar-refractivity contribution in [3.63, 3.8) is 0 Å². The van der Waals surface area contributed by atoms with Gasteiger partial charge < -0.3 is 5.32 Å². The van der Waals surface area contributed by atoms with E-state index < -0.39 is 9.84 Å². The smallest absolute Gasteiger partial charge is 0.159 e. The molecule has 4 heteroatoms. The molecule has 0 heterocycles. The lowest BCUT2D eigenvalue weighted by molar-refractivity contribution is 0.249. The largest absolute Gasteiger partial charge is 0.316 e. The van der Waals surface area contributed by atoms with Crippen LogP contribution < -0.4 is 5.32 Å². The zero-order valence-electron chi connectivity index (χ0n) is 12.5. The van der Waals surface area contributed by atoms with Gasteiger partial charge in [-0.1, -0.05) is 44.2 Å². The summed E-state index contributed by atoms with van der Waals surface area (Å²) < 4.78 is 25.6. The van der Waals surface area contributed by atoms with Gasteiger partial charge in [0.2, 0.25) is 0 Å². The number of hydrogen-bond donors (Lipinski definition) is 1. The predicted molar refractivity (Wildman–Crippen MR) is 83.3 cm³/mol. The Hall–Kier alpha value is -0.870. The van der Waals surface area contributed by atoms with Crippen LogP contribution in [0.1, 0.15) is 32.3 Å². The minimum absolute atomic E-state index is 0.0717. The van der Waals surface area contributed by atoms with E-state index in [2.05, 4.69) is 19.2 Å². The van der Waals surface area contributed by atoms with Gasteiger partial charge in [0.05, 0.1) is 11.0 Å². The number of hydrogen-bond acceptors (Lipinski definition) is 3.